The number of hydrogen-bond donors (Lipinski definition) is 0. The van der Waals surface area contributed by atoms with E-state index in [0.717, 1.165) is 43.4 Å². The predicted octanol–water partition coefficient (Wildman–Crippen LogP) is 2.48. The first-order valence-corrected chi connectivity index (χ1v) is 5.68. The third-order valence-electron chi connectivity index (χ3n) is 2.75. The molecule has 0 aromatic heterocycles. The van der Waals surface area contributed by atoms with Crippen molar-refractivity contribution in [2.75, 3.05) is 26.3 Å². The normalized spacial score (nSPS) is 18.0. The molecule has 1 aliphatic rings. The molecular formula is C12H16ClNO. The highest BCUT2D eigenvalue weighted by atomic mass is 35.5. The van der Waals surface area contributed by atoms with Crippen LogP contribution in [0.5, 0.6) is 0 Å². The molecule has 0 atom stereocenters. The first-order valence-electron chi connectivity index (χ1n) is 5.31. The largest absolute Gasteiger partial charge is 0.379 e. The number of ether oxygens (including phenoxy) is 1. The number of hydrogen-bond acceptors (Lipinski definition) is 2. The second-order valence-corrected chi connectivity index (χ2v) is 4.38. The van der Waals surface area contributed by atoms with E-state index in [4.69, 9.17) is 16.3 Å². The average Bonchev–Trinajstić information content (AvgIpc) is 2.25. The zero-order valence-corrected chi connectivity index (χ0v) is 9.76. The Labute approximate surface area is 95.8 Å². The van der Waals surface area contributed by atoms with E-state index in [1.807, 2.05) is 6.92 Å². The number of aryl methyl sites for hydroxylation is 1. The monoisotopic (exact) mass is 225 g/mol. The highest BCUT2D eigenvalue weighted by molar-refractivity contribution is 6.31. The Morgan fingerprint density at radius 2 is 2.07 bits per heavy atom. The molecule has 1 aromatic rings. The summed E-state index contributed by atoms with van der Waals surface area (Å²) in [6.45, 7) is 6.74. The van der Waals surface area contributed by atoms with Gasteiger partial charge in [-0.15, -0.1) is 0 Å². The Bertz CT molecular complexity index is 334. The highest BCUT2D eigenvalue weighted by Crippen LogP contribution is 2.18. The minimum atomic E-state index is 0.847. The van der Waals surface area contributed by atoms with Crippen molar-refractivity contribution in [2.24, 2.45) is 0 Å². The summed E-state index contributed by atoms with van der Waals surface area (Å²) in [5, 5.41) is 0.862. The van der Waals surface area contributed by atoms with Crippen molar-refractivity contribution in [3.63, 3.8) is 0 Å². The van der Waals surface area contributed by atoms with Gasteiger partial charge in [0.25, 0.3) is 0 Å². The number of benzene rings is 1. The number of halogens is 1. The first-order chi connectivity index (χ1) is 7.25. The molecule has 0 aliphatic carbocycles. The van der Waals surface area contributed by atoms with Crippen LogP contribution in [0.2, 0.25) is 5.02 Å². The first kappa shape index (κ1) is 10.9. The Morgan fingerprint density at radius 3 is 2.73 bits per heavy atom. The topological polar surface area (TPSA) is 12.5 Å². The van der Waals surface area contributed by atoms with Gasteiger partial charge in [0.2, 0.25) is 0 Å². The standard InChI is InChI=1S/C12H16ClNO/c1-10-2-3-11(8-12(10)13)9-14-4-6-15-7-5-14/h2-3,8H,4-7,9H2,1H3. The van der Waals surface area contributed by atoms with E-state index >= 15 is 0 Å². The number of nitrogens with zero attached hydrogens (tertiary/aromatic N) is 1. The summed E-state index contributed by atoms with van der Waals surface area (Å²) in [7, 11) is 0. The van der Waals surface area contributed by atoms with E-state index in [9.17, 15) is 0 Å². The van der Waals surface area contributed by atoms with Crippen LogP contribution in [0.25, 0.3) is 0 Å². The van der Waals surface area contributed by atoms with Gasteiger partial charge >= 0.3 is 0 Å². The molecule has 0 unspecified atom stereocenters. The molecule has 0 amide bonds. The quantitative estimate of drug-likeness (QED) is 0.767. The fourth-order valence-electron chi connectivity index (χ4n) is 1.75. The van der Waals surface area contributed by atoms with Gasteiger partial charge in [-0.05, 0) is 24.1 Å². The lowest BCUT2D eigenvalue weighted by Gasteiger charge is -2.26. The Hall–Kier alpha value is -0.570. The SMILES string of the molecule is Cc1ccc(CN2CCOCC2)cc1Cl. The molecule has 15 heavy (non-hydrogen) atoms. The van der Waals surface area contributed by atoms with E-state index in [1.54, 1.807) is 0 Å². The summed E-state index contributed by atoms with van der Waals surface area (Å²) in [5.41, 5.74) is 2.43. The molecule has 0 spiro atoms. The minimum absolute atomic E-state index is 0.847. The van der Waals surface area contributed by atoms with Gasteiger partial charge in [-0.1, -0.05) is 23.7 Å². The molecule has 1 saturated heterocycles. The van der Waals surface area contributed by atoms with Crippen molar-refractivity contribution in [1.82, 2.24) is 4.90 Å². The molecule has 3 heteroatoms. The number of rotatable bonds is 2. The van der Waals surface area contributed by atoms with E-state index in [-0.39, 0.29) is 0 Å². The van der Waals surface area contributed by atoms with Crippen LogP contribution in [0.4, 0.5) is 0 Å². The average molecular weight is 226 g/mol. The maximum Gasteiger partial charge on any atom is 0.0594 e. The molecule has 82 valence electrons. The zero-order valence-electron chi connectivity index (χ0n) is 9.00. The van der Waals surface area contributed by atoms with E-state index in [0.29, 0.717) is 0 Å². The summed E-state index contributed by atoms with van der Waals surface area (Å²) < 4.78 is 5.31. The van der Waals surface area contributed by atoms with Crippen molar-refractivity contribution in [3.8, 4) is 0 Å². The predicted molar refractivity (Wildman–Crippen MR) is 62.3 cm³/mol. The third-order valence-corrected chi connectivity index (χ3v) is 3.15. The van der Waals surface area contributed by atoms with E-state index in [2.05, 4.69) is 23.1 Å². The summed E-state index contributed by atoms with van der Waals surface area (Å²) >= 11 is 6.09. The van der Waals surface area contributed by atoms with E-state index < -0.39 is 0 Å². The van der Waals surface area contributed by atoms with Crippen LogP contribution < -0.4 is 0 Å². The highest BCUT2D eigenvalue weighted by Gasteiger charge is 2.10. The maximum atomic E-state index is 6.09. The zero-order chi connectivity index (χ0) is 10.7. The molecule has 0 radical (unpaired) electrons. The lowest BCUT2D eigenvalue weighted by atomic mass is 10.1. The van der Waals surface area contributed by atoms with Gasteiger partial charge in [-0.3, -0.25) is 4.90 Å². The van der Waals surface area contributed by atoms with Gasteiger partial charge in [0, 0.05) is 24.7 Å². The van der Waals surface area contributed by atoms with Crippen molar-refractivity contribution < 1.29 is 4.74 Å². The molecular weight excluding hydrogens is 210 g/mol. The maximum absolute atomic E-state index is 6.09. The van der Waals surface area contributed by atoms with Crippen molar-refractivity contribution in [2.45, 2.75) is 13.5 Å². The molecule has 2 rings (SSSR count). The van der Waals surface area contributed by atoms with Gasteiger partial charge in [0.05, 0.1) is 13.2 Å². The van der Waals surface area contributed by atoms with Crippen LogP contribution in [0, 0.1) is 6.92 Å². The molecule has 1 aliphatic heterocycles. The lowest BCUT2D eigenvalue weighted by Crippen LogP contribution is -2.35. The summed E-state index contributed by atoms with van der Waals surface area (Å²) in [6, 6.07) is 6.29. The Morgan fingerprint density at radius 1 is 1.33 bits per heavy atom. The molecule has 2 nitrogen and oxygen atoms in total. The minimum Gasteiger partial charge on any atom is -0.379 e. The van der Waals surface area contributed by atoms with Gasteiger partial charge in [0.1, 0.15) is 0 Å². The van der Waals surface area contributed by atoms with Gasteiger partial charge in [0.15, 0.2) is 0 Å². The molecule has 1 aromatic carbocycles. The van der Waals surface area contributed by atoms with Crippen LogP contribution in [-0.4, -0.2) is 31.2 Å². The number of morpholine rings is 1. The second kappa shape index (κ2) is 4.97. The van der Waals surface area contributed by atoms with Gasteiger partial charge < -0.3 is 4.74 Å². The Kier molecular flexibility index (Phi) is 3.62. The van der Waals surface area contributed by atoms with Crippen LogP contribution in [-0.2, 0) is 11.3 Å². The van der Waals surface area contributed by atoms with Crippen molar-refractivity contribution in [3.05, 3.63) is 34.3 Å². The fourth-order valence-corrected chi connectivity index (χ4v) is 1.96. The van der Waals surface area contributed by atoms with Crippen molar-refractivity contribution in [1.29, 1.82) is 0 Å². The Balaban J connectivity index is 2.00. The van der Waals surface area contributed by atoms with Crippen LogP contribution >= 0.6 is 11.6 Å². The van der Waals surface area contributed by atoms with Crippen LogP contribution in [0.3, 0.4) is 0 Å². The van der Waals surface area contributed by atoms with Gasteiger partial charge in [-0.25, -0.2) is 0 Å². The summed E-state index contributed by atoms with van der Waals surface area (Å²) in [5.74, 6) is 0. The molecule has 1 fully saturated rings. The molecule has 1 heterocycles. The van der Waals surface area contributed by atoms with Gasteiger partial charge in [-0.2, -0.15) is 0 Å². The fraction of sp³-hybridized carbons (Fsp3) is 0.500. The van der Waals surface area contributed by atoms with Crippen LogP contribution in [0.15, 0.2) is 18.2 Å². The molecule has 0 N–H and O–H groups in total. The third kappa shape index (κ3) is 2.94. The smallest absolute Gasteiger partial charge is 0.0594 e. The van der Waals surface area contributed by atoms with Crippen LogP contribution in [0.1, 0.15) is 11.1 Å². The molecule has 0 bridgehead atoms. The van der Waals surface area contributed by atoms with Crippen molar-refractivity contribution >= 4 is 11.6 Å². The van der Waals surface area contributed by atoms with E-state index in [1.165, 1.54) is 5.56 Å². The summed E-state index contributed by atoms with van der Waals surface area (Å²) in [4.78, 5) is 2.39. The molecule has 0 saturated carbocycles. The lowest BCUT2D eigenvalue weighted by molar-refractivity contribution is 0.0342. The second-order valence-electron chi connectivity index (χ2n) is 3.97. The summed E-state index contributed by atoms with van der Waals surface area (Å²) in [6.07, 6.45) is 0.